The van der Waals surface area contributed by atoms with Crippen molar-refractivity contribution < 1.29 is 30.8 Å². The van der Waals surface area contributed by atoms with Gasteiger partial charge in [0, 0.05) is 31.0 Å². The fourth-order valence-corrected chi connectivity index (χ4v) is 4.78. The molecule has 1 amide bonds. The molecule has 2 aromatic carbocycles. The molecule has 1 aliphatic heterocycles. The molecule has 0 spiro atoms. The summed E-state index contributed by atoms with van der Waals surface area (Å²) >= 11 is 0. The molecule has 0 radical (unpaired) electrons. The molecule has 33 heavy (non-hydrogen) atoms. The van der Waals surface area contributed by atoms with Crippen molar-refractivity contribution in [3.63, 3.8) is 0 Å². The maximum absolute atomic E-state index is 14.2. The number of halogens is 4. The second-order valence-corrected chi connectivity index (χ2v) is 9.36. The van der Waals surface area contributed by atoms with Crippen LogP contribution in [0, 0.1) is 5.82 Å². The highest BCUT2D eigenvalue weighted by Gasteiger charge is 2.33. The highest BCUT2D eigenvalue weighted by molar-refractivity contribution is 7.91. The van der Waals surface area contributed by atoms with Crippen LogP contribution >= 0.6 is 0 Å². The topological polar surface area (TPSA) is 88.2 Å². The van der Waals surface area contributed by atoms with Crippen molar-refractivity contribution in [3.8, 4) is 0 Å². The largest absolute Gasteiger partial charge is 0.416 e. The van der Waals surface area contributed by atoms with Crippen molar-refractivity contribution in [1.29, 1.82) is 0 Å². The summed E-state index contributed by atoms with van der Waals surface area (Å²) in [6.45, 7) is 0.126. The van der Waals surface area contributed by atoms with Crippen LogP contribution in [0.3, 0.4) is 0 Å². The fourth-order valence-electron chi connectivity index (χ4n) is 3.47. The Balaban J connectivity index is 1.42. The van der Waals surface area contributed by atoms with Crippen LogP contribution in [0.25, 0.3) is 0 Å². The number of rotatable bonds is 5. The monoisotopic (exact) mass is 479 g/mol. The third-order valence-corrected chi connectivity index (χ3v) is 7.03. The predicted octanol–water partition coefficient (Wildman–Crippen LogP) is 3.73. The van der Waals surface area contributed by atoms with Gasteiger partial charge < -0.3 is 10.6 Å². The normalized spacial score (nSPS) is 15.6. The third-order valence-electron chi connectivity index (χ3n) is 5.22. The molecule has 11 heteroatoms. The Bertz CT molecular complexity index is 1280. The summed E-state index contributed by atoms with van der Waals surface area (Å²) in [5.74, 6) is -1.73. The van der Waals surface area contributed by atoms with E-state index < -0.39 is 38.3 Å². The van der Waals surface area contributed by atoms with E-state index in [9.17, 15) is 30.8 Å². The average Bonchev–Trinajstić information content (AvgIpc) is 3.21. The molecule has 1 unspecified atom stereocenters. The van der Waals surface area contributed by atoms with Gasteiger partial charge in [-0.1, -0.05) is 12.1 Å². The molecule has 0 fully saturated rings. The number of pyridine rings is 1. The van der Waals surface area contributed by atoms with E-state index in [1.54, 1.807) is 18.5 Å². The summed E-state index contributed by atoms with van der Waals surface area (Å²) in [6, 6.07) is 7.91. The first-order valence-electron chi connectivity index (χ1n) is 9.73. The van der Waals surface area contributed by atoms with Gasteiger partial charge in [0.1, 0.15) is 16.8 Å². The van der Waals surface area contributed by atoms with Gasteiger partial charge in [-0.3, -0.25) is 9.78 Å². The zero-order valence-electron chi connectivity index (χ0n) is 16.9. The summed E-state index contributed by atoms with van der Waals surface area (Å²) < 4.78 is 77.6. The minimum absolute atomic E-state index is 0.126. The lowest BCUT2D eigenvalue weighted by Crippen LogP contribution is -2.38. The standard InChI is InChI=1S/C22H17F4N3O3S/c23-17-10-15(22(24,25)26)3-6-20(17)33(31,32)16-4-1-13(2-5-16)11-28-21(30)19-9-14-12-27-8-7-18(14)29-19/h1-8,10,12,19,29H,9,11H2,(H,28,30). The summed E-state index contributed by atoms with van der Waals surface area (Å²) in [7, 11) is -4.37. The van der Waals surface area contributed by atoms with Gasteiger partial charge in [-0.25, -0.2) is 12.8 Å². The Morgan fingerprint density at radius 2 is 1.85 bits per heavy atom. The van der Waals surface area contributed by atoms with Crippen LogP contribution in [0.1, 0.15) is 16.7 Å². The first kappa shape index (κ1) is 22.7. The van der Waals surface area contributed by atoms with Gasteiger partial charge in [-0.15, -0.1) is 0 Å². The van der Waals surface area contributed by atoms with Crippen LogP contribution < -0.4 is 10.6 Å². The summed E-state index contributed by atoms with van der Waals surface area (Å²) in [4.78, 5) is 15.3. The molecular formula is C22H17F4N3O3S. The number of sulfone groups is 1. The summed E-state index contributed by atoms with van der Waals surface area (Å²) in [5, 5.41) is 5.86. The Morgan fingerprint density at radius 1 is 1.12 bits per heavy atom. The zero-order valence-corrected chi connectivity index (χ0v) is 17.7. The number of aromatic nitrogens is 1. The number of alkyl halides is 3. The molecule has 0 bridgehead atoms. The minimum atomic E-state index is -4.79. The number of nitrogens with one attached hydrogen (secondary N) is 2. The SMILES string of the molecule is O=C(NCc1ccc(S(=O)(=O)c2ccc(C(F)(F)F)cc2F)cc1)C1Cc2cnccc2N1. The van der Waals surface area contributed by atoms with E-state index in [2.05, 4.69) is 15.6 Å². The van der Waals surface area contributed by atoms with Crippen LogP contribution in [0.4, 0.5) is 23.2 Å². The molecule has 6 nitrogen and oxygen atoms in total. The van der Waals surface area contributed by atoms with E-state index in [0.717, 1.165) is 11.3 Å². The first-order chi connectivity index (χ1) is 15.6. The van der Waals surface area contributed by atoms with Crippen LogP contribution in [0.2, 0.25) is 0 Å². The van der Waals surface area contributed by atoms with Gasteiger partial charge in [-0.05, 0) is 47.5 Å². The van der Waals surface area contributed by atoms with Crippen LogP contribution in [-0.4, -0.2) is 25.4 Å². The van der Waals surface area contributed by atoms with Crippen molar-refractivity contribution in [2.75, 3.05) is 5.32 Å². The van der Waals surface area contributed by atoms with Crippen LogP contribution in [-0.2, 0) is 33.8 Å². The Kier molecular flexibility index (Phi) is 5.83. The van der Waals surface area contributed by atoms with Crippen molar-refractivity contribution in [2.45, 2.75) is 35.0 Å². The number of carbonyl (C=O) groups is 1. The molecule has 1 atom stereocenters. The van der Waals surface area contributed by atoms with Crippen molar-refractivity contribution in [2.24, 2.45) is 0 Å². The van der Waals surface area contributed by atoms with E-state index in [0.29, 0.717) is 24.1 Å². The van der Waals surface area contributed by atoms with Gasteiger partial charge in [-0.2, -0.15) is 13.2 Å². The predicted molar refractivity (Wildman–Crippen MR) is 110 cm³/mol. The average molecular weight is 479 g/mol. The third kappa shape index (κ3) is 4.68. The van der Waals surface area contributed by atoms with Gasteiger partial charge in [0.15, 0.2) is 0 Å². The fraction of sp³-hybridized carbons (Fsp3) is 0.182. The Morgan fingerprint density at radius 3 is 2.48 bits per heavy atom. The van der Waals surface area contributed by atoms with E-state index in [1.807, 2.05) is 0 Å². The number of fused-ring (bicyclic) bond motifs is 1. The molecule has 0 saturated heterocycles. The van der Waals surface area contributed by atoms with Crippen LogP contribution in [0.15, 0.2) is 70.7 Å². The maximum atomic E-state index is 14.2. The summed E-state index contributed by atoms with van der Waals surface area (Å²) in [5.41, 5.74) is 1.09. The number of hydrogen-bond donors (Lipinski definition) is 2. The molecule has 172 valence electrons. The number of nitrogens with zero attached hydrogens (tertiary/aromatic N) is 1. The molecule has 0 saturated carbocycles. The van der Waals surface area contributed by atoms with E-state index >= 15 is 0 Å². The lowest BCUT2D eigenvalue weighted by Gasteiger charge is -2.13. The molecule has 4 rings (SSSR count). The molecular weight excluding hydrogens is 462 g/mol. The molecule has 0 aliphatic carbocycles. The lowest BCUT2D eigenvalue weighted by atomic mass is 10.1. The Labute approximate surface area is 186 Å². The molecule has 1 aliphatic rings. The maximum Gasteiger partial charge on any atom is 0.416 e. The quantitative estimate of drug-likeness (QED) is 0.545. The van der Waals surface area contributed by atoms with Crippen LogP contribution in [0.5, 0.6) is 0 Å². The first-order valence-corrected chi connectivity index (χ1v) is 11.2. The zero-order chi connectivity index (χ0) is 23.8. The minimum Gasteiger partial charge on any atom is -0.373 e. The molecule has 3 aromatic rings. The second kappa shape index (κ2) is 8.47. The number of carbonyl (C=O) groups excluding carboxylic acids is 1. The number of anilines is 1. The van der Waals surface area contributed by atoms with Gasteiger partial charge in [0.25, 0.3) is 0 Å². The molecule has 1 aromatic heterocycles. The molecule has 2 N–H and O–H groups in total. The van der Waals surface area contributed by atoms with Crippen molar-refractivity contribution in [3.05, 3.63) is 83.4 Å². The highest BCUT2D eigenvalue weighted by atomic mass is 32.2. The van der Waals surface area contributed by atoms with Crippen molar-refractivity contribution in [1.82, 2.24) is 10.3 Å². The molecule has 2 heterocycles. The highest BCUT2D eigenvalue weighted by Crippen LogP contribution is 2.32. The lowest BCUT2D eigenvalue weighted by molar-refractivity contribution is -0.137. The van der Waals surface area contributed by atoms with E-state index in [4.69, 9.17) is 0 Å². The summed E-state index contributed by atoms with van der Waals surface area (Å²) in [6.07, 6.45) is -0.986. The Hall–Kier alpha value is -3.47. The van der Waals surface area contributed by atoms with E-state index in [-0.39, 0.29) is 23.4 Å². The van der Waals surface area contributed by atoms with Gasteiger partial charge >= 0.3 is 6.18 Å². The van der Waals surface area contributed by atoms with E-state index in [1.165, 1.54) is 24.3 Å². The number of hydrogen-bond acceptors (Lipinski definition) is 5. The number of benzene rings is 2. The smallest absolute Gasteiger partial charge is 0.373 e. The second-order valence-electron chi connectivity index (χ2n) is 7.44. The van der Waals surface area contributed by atoms with Gasteiger partial charge in [0.05, 0.1) is 10.5 Å². The van der Waals surface area contributed by atoms with Gasteiger partial charge in [0.2, 0.25) is 15.7 Å². The van der Waals surface area contributed by atoms with Crippen molar-refractivity contribution >= 4 is 21.4 Å². The number of amides is 1.